The van der Waals surface area contributed by atoms with E-state index >= 15 is 0 Å². The fraction of sp³-hybridized carbons (Fsp3) is 0.200. The van der Waals surface area contributed by atoms with Crippen LogP contribution in [-0.4, -0.2) is 57.8 Å². The molecule has 6 nitrogen and oxygen atoms in total. The molecule has 28 heavy (non-hydrogen) atoms. The summed E-state index contributed by atoms with van der Waals surface area (Å²) in [4.78, 5) is 37.5. The van der Waals surface area contributed by atoms with Gasteiger partial charge in [-0.2, -0.15) is 0 Å². The van der Waals surface area contributed by atoms with E-state index in [1.165, 1.54) is 6.20 Å². The van der Waals surface area contributed by atoms with Crippen molar-refractivity contribution < 1.29 is 9.59 Å². The molecule has 4 rings (SSSR count). The van der Waals surface area contributed by atoms with Gasteiger partial charge in [0.1, 0.15) is 5.69 Å². The molecule has 1 aliphatic rings. The zero-order valence-electron chi connectivity index (χ0n) is 14.8. The fourth-order valence-electron chi connectivity index (χ4n) is 3.19. The summed E-state index contributed by atoms with van der Waals surface area (Å²) in [6.07, 6.45) is 1.50. The average Bonchev–Trinajstić information content (AvgIpc) is 2.72. The maximum atomic E-state index is 12.8. The number of carbonyl (C=O) groups excluding carboxylic acids is 2. The van der Waals surface area contributed by atoms with Gasteiger partial charge < -0.3 is 9.80 Å². The summed E-state index contributed by atoms with van der Waals surface area (Å²) in [6.45, 7) is 1.70. The molecule has 1 fully saturated rings. The van der Waals surface area contributed by atoms with Gasteiger partial charge in [-0.3, -0.25) is 14.6 Å². The van der Waals surface area contributed by atoms with Gasteiger partial charge in [0.25, 0.3) is 11.8 Å². The summed E-state index contributed by atoms with van der Waals surface area (Å²) in [5.74, 6) is -0.335. The molecule has 0 radical (unpaired) electrons. The van der Waals surface area contributed by atoms with Crippen molar-refractivity contribution in [1.82, 2.24) is 19.8 Å². The first-order chi connectivity index (χ1) is 13.5. The molecule has 0 spiro atoms. The molecule has 2 amide bonds. The second kappa shape index (κ2) is 7.73. The highest BCUT2D eigenvalue weighted by molar-refractivity contribution is 6.35. The van der Waals surface area contributed by atoms with Crippen molar-refractivity contribution in [3.63, 3.8) is 0 Å². The lowest BCUT2D eigenvalue weighted by atomic mass is 10.1. The van der Waals surface area contributed by atoms with Crippen LogP contribution in [0.25, 0.3) is 11.0 Å². The number of fused-ring (bicyclic) bond motifs is 1. The van der Waals surface area contributed by atoms with Gasteiger partial charge in [-0.05, 0) is 30.3 Å². The monoisotopic (exact) mass is 414 g/mol. The van der Waals surface area contributed by atoms with Gasteiger partial charge in [-0.15, -0.1) is 0 Å². The van der Waals surface area contributed by atoms with Crippen molar-refractivity contribution in [2.24, 2.45) is 0 Å². The first-order valence-electron chi connectivity index (χ1n) is 8.78. The van der Waals surface area contributed by atoms with Gasteiger partial charge >= 0.3 is 0 Å². The first-order valence-corrected chi connectivity index (χ1v) is 9.53. The molecule has 0 N–H and O–H groups in total. The molecule has 0 unspecified atom stereocenters. The normalized spacial score (nSPS) is 14.4. The van der Waals surface area contributed by atoms with E-state index in [1.807, 2.05) is 24.3 Å². The van der Waals surface area contributed by atoms with Crippen LogP contribution < -0.4 is 0 Å². The Kier molecular flexibility index (Phi) is 5.15. The van der Waals surface area contributed by atoms with Gasteiger partial charge in [-0.25, -0.2) is 4.98 Å². The van der Waals surface area contributed by atoms with Crippen LogP contribution in [0.4, 0.5) is 0 Å². The predicted molar refractivity (Wildman–Crippen MR) is 108 cm³/mol. The maximum Gasteiger partial charge on any atom is 0.274 e. The second-order valence-electron chi connectivity index (χ2n) is 6.49. The number of piperazine rings is 1. The molecule has 8 heteroatoms. The highest BCUT2D eigenvalue weighted by Gasteiger charge is 2.26. The van der Waals surface area contributed by atoms with Crippen molar-refractivity contribution >= 4 is 46.0 Å². The number of rotatable bonds is 2. The standard InChI is InChI=1S/C20H16Cl2N4O2/c21-14-9-13(10-15(22)11-14)19(27)25-5-7-26(8-6-25)20(28)18-12-23-16-3-1-2-4-17(16)24-18/h1-4,9-12H,5-8H2. The topological polar surface area (TPSA) is 66.4 Å². The molecule has 1 saturated heterocycles. The van der Waals surface area contributed by atoms with Gasteiger partial charge in [0, 0.05) is 41.8 Å². The largest absolute Gasteiger partial charge is 0.335 e. The summed E-state index contributed by atoms with van der Waals surface area (Å²) in [7, 11) is 0. The summed E-state index contributed by atoms with van der Waals surface area (Å²) in [5.41, 5.74) is 2.17. The van der Waals surface area contributed by atoms with Crippen molar-refractivity contribution in [3.8, 4) is 0 Å². The summed E-state index contributed by atoms with van der Waals surface area (Å²) >= 11 is 12.0. The molecule has 0 aliphatic carbocycles. The van der Waals surface area contributed by atoms with Crippen LogP contribution in [0.2, 0.25) is 10.0 Å². The fourth-order valence-corrected chi connectivity index (χ4v) is 3.72. The van der Waals surface area contributed by atoms with Crippen molar-refractivity contribution in [3.05, 3.63) is 70.0 Å². The SMILES string of the molecule is O=C(c1cc(Cl)cc(Cl)c1)N1CCN(C(=O)c2cnc3ccccc3n2)CC1. The van der Waals surface area contributed by atoms with Crippen molar-refractivity contribution in [2.75, 3.05) is 26.2 Å². The Labute approximate surface area is 171 Å². The first kappa shape index (κ1) is 18.7. The Morgan fingerprint density at radius 1 is 0.821 bits per heavy atom. The van der Waals surface area contributed by atoms with Crippen LogP contribution in [0, 0.1) is 0 Å². The molecule has 0 atom stereocenters. The zero-order chi connectivity index (χ0) is 19.7. The number of halogens is 2. The number of para-hydroxylation sites is 2. The Bertz CT molecular complexity index is 1040. The average molecular weight is 415 g/mol. The summed E-state index contributed by atoms with van der Waals surface area (Å²) < 4.78 is 0. The van der Waals surface area contributed by atoms with Crippen LogP contribution in [0.5, 0.6) is 0 Å². The van der Waals surface area contributed by atoms with E-state index in [9.17, 15) is 9.59 Å². The van der Waals surface area contributed by atoms with Crippen LogP contribution in [0.1, 0.15) is 20.8 Å². The van der Waals surface area contributed by atoms with Gasteiger partial charge in [0.2, 0.25) is 0 Å². The van der Waals surface area contributed by atoms with Gasteiger partial charge in [0.15, 0.2) is 0 Å². The number of hydrogen-bond acceptors (Lipinski definition) is 4. The minimum absolute atomic E-state index is 0.151. The van der Waals surface area contributed by atoms with Crippen molar-refractivity contribution in [2.45, 2.75) is 0 Å². The Hall–Kier alpha value is -2.70. The molecule has 142 valence electrons. The maximum absolute atomic E-state index is 12.8. The lowest BCUT2D eigenvalue weighted by molar-refractivity contribution is 0.0532. The molecular weight excluding hydrogens is 399 g/mol. The zero-order valence-corrected chi connectivity index (χ0v) is 16.3. The lowest BCUT2D eigenvalue weighted by Gasteiger charge is -2.34. The number of nitrogens with zero attached hydrogens (tertiary/aromatic N) is 4. The molecule has 2 heterocycles. The lowest BCUT2D eigenvalue weighted by Crippen LogP contribution is -2.50. The third-order valence-electron chi connectivity index (χ3n) is 4.63. The van der Waals surface area contributed by atoms with E-state index < -0.39 is 0 Å². The number of hydrogen-bond donors (Lipinski definition) is 0. The molecule has 0 bridgehead atoms. The Balaban J connectivity index is 1.44. The molecule has 1 aliphatic heterocycles. The highest BCUT2D eigenvalue weighted by atomic mass is 35.5. The minimum atomic E-state index is -0.184. The van der Waals surface area contributed by atoms with Crippen LogP contribution in [-0.2, 0) is 0 Å². The Morgan fingerprint density at radius 2 is 1.39 bits per heavy atom. The van der Waals surface area contributed by atoms with Crippen LogP contribution in [0.3, 0.4) is 0 Å². The van der Waals surface area contributed by atoms with E-state index in [-0.39, 0.29) is 11.8 Å². The predicted octanol–water partition coefficient (Wildman–Crippen LogP) is 3.53. The third kappa shape index (κ3) is 3.79. The number of aromatic nitrogens is 2. The molecule has 3 aromatic rings. The highest BCUT2D eigenvalue weighted by Crippen LogP contribution is 2.21. The van der Waals surface area contributed by atoms with E-state index in [0.29, 0.717) is 53.0 Å². The van der Waals surface area contributed by atoms with Crippen molar-refractivity contribution in [1.29, 1.82) is 0 Å². The summed E-state index contributed by atoms with van der Waals surface area (Å²) in [6, 6.07) is 12.2. The number of amides is 2. The third-order valence-corrected chi connectivity index (χ3v) is 5.07. The van der Waals surface area contributed by atoms with E-state index in [0.717, 1.165) is 5.52 Å². The van der Waals surface area contributed by atoms with Crippen LogP contribution >= 0.6 is 23.2 Å². The Morgan fingerprint density at radius 3 is 2.04 bits per heavy atom. The molecule has 2 aromatic carbocycles. The van der Waals surface area contributed by atoms with Crippen LogP contribution in [0.15, 0.2) is 48.7 Å². The molecule has 1 aromatic heterocycles. The van der Waals surface area contributed by atoms with E-state index in [4.69, 9.17) is 23.2 Å². The van der Waals surface area contributed by atoms with Gasteiger partial charge in [0.05, 0.1) is 17.2 Å². The van der Waals surface area contributed by atoms with E-state index in [1.54, 1.807) is 28.0 Å². The quantitative estimate of drug-likeness (QED) is 0.642. The van der Waals surface area contributed by atoms with E-state index in [2.05, 4.69) is 9.97 Å². The molecule has 0 saturated carbocycles. The smallest absolute Gasteiger partial charge is 0.274 e. The number of carbonyl (C=O) groups is 2. The second-order valence-corrected chi connectivity index (χ2v) is 7.36. The molecular formula is C20H16Cl2N4O2. The number of benzene rings is 2. The van der Waals surface area contributed by atoms with Gasteiger partial charge in [-0.1, -0.05) is 35.3 Å². The minimum Gasteiger partial charge on any atom is -0.335 e. The summed E-state index contributed by atoms with van der Waals surface area (Å²) in [5, 5.41) is 0.832.